The van der Waals surface area contributed by atoms with Crippen LogP contribution in [0, 0.1) is 0 Å². The van der Waals surface area contributed by atoms with Gasteiger partial charge in [-0.25, -0.2) is 4.57 Å². The third-order valence-electron chi connectivity index (χ3n) is 12.9. The number of rotatable bonds is 54. The van der Waals surface area contributed by atoms with Crippen LogP contribution in [0.25, 0.3) is 0 Å². The summed E-state index contributed by atoms with van der Waals surface area (Å²) in [5, 5.41) is 3.04. The summed E-state index contributed by atoms with van der Waals surface area (Å²) in [5.74, 6) is -0.557. The van der Waals surface area contributed by atoms with E-state index in [9.17, 15) is 19.0 Å². The summed E-state index contributed by atoms with van der Waals surface area (Å²) in [5.41, 5.74) is 0. The van der Waals surface area contributed by atoms with Gasteiger partial charge in [-0.15, -0.1) is 0 Å². The molecule has 0 heterocycles. The third-order valence-corrected chi connectivity index (χ3v) is 13.9. The van der Waals surface area contributed by atoms with Crippen LogP contribution in [0.5, 0.6) is 0 Å². The standard InChI is InChI=1S/C67H115N2O7P/c1-7-10-13-16-19-22-25-28-30-32-33-34-35-36-37-38-40-42-45-48-51-54-57-60-67(71)76-65(58-55-52-49-46-43-27-24-21-18-15-12-9-3)64(63-75-77(72,73)74-62-61-69(4,5)6)68-66(70)59-56-53-50-47-44-41-39-31-29-26-23-20-17-14-11-8-2/h10-11,13-14,19-20,22-23,28-31,33-34,36-37,40,42,55,58,64-65H,7-9,12,15-18,21,24-27,32,35,38-39,41,43-54,56-57,59-63H2,1-6H3,(H-,68,70,72,73)/p+1/b13-10-,14-11+,22-19-,23-20+,30-28-,31-29+,34-33-,37-36-,42-40-,58-55-. The van der Waals surface area contributed by atoms with Gasteiger partial charge in [-0.3, -0.25) is 18.6 Å². The monoisotopic (exact) mass is 1090 g/mol. The van der Waals surface area contributed by atoms with Crippen LogP contribution in [-0.2, 0) is 27.9 Å². The summed E-state index contributed by atoms with van der Waals surface area (Å²) in [4.78, 5) is 37.7. The van der Waals surface area contributed by atoms with Crippen LogP contribution in [0.15, 0.2) is 122 Å². The molecule has 9 nitrogen and oxygen atoms in total. The van der Waals surface area contributed by atoms with Gasteiger partial charge in [-0.2, -0.15) is 0 Å². The van der Waals surface area contributed by atoms with Crippen molar-refractivity contribution in [3.63, 3.8) is 0 Å². The number of ether oxygens (including phenoxy) is 1. The Bertz CT molecular complexity index is 1730. The van der Waals surface area contributed by atoms with Crippen LogP contribution >= 0.6 is 7.82 Å². The highest BCUT2D eigenvalue weighted by Crippen LogP contribution is 2.43. The lowest BCUT2D eigenvalue weighted by atomic mass is 10.0. The molecule has 1 amide bonds. The number of nitrogens with one attached hydrogen (secondary N) is 1. The highest BCUT2D eigenvalue weighted by molar-refractivity contribution is 7.47. The highest BCUT2D eigenvalue weighted by atomic mass is 31.2. The van der Waals surface area contributed by atoms with Crippen LogP contribution in [0.4, 0.5) is 0 Å². The summed E-state index contributed by atoms with van der Waals surface area (Å²) >= 11 is 0. The number of phosphoric acid groups is 1. The van der Waals surface area contributed by atoms with Gasteiger partial charge in [-0.1, -0.05) is 233 Å². The first kappa shape index (κ1) is 73.4. The Labute approximate surface area is 473 Å². The topological polar surface area (TPSA) is 111 Å². The van der Waals surface area contributed by atoms with E-state index in [-0.39, 0.29) is 31.5 Å². The molecule has 0 saturated carbocycles. The second kappa shape index (κ2) is 55.7. The second-order valence-corrected chi connectivity index (χ2v) is 22.9. The van der Waals surface area contributed by atoms with Crippen molar-refractivity contribution in [3.8, 4) is 0 Å². The molecule has 77 heavy (non-hydrogen) atoms. The Morgan fingerprint density at radius 2 is 0.831 bits per heavy atom. The predicted octanol–water partition coefficient (Wildman–Crippen LogP) is 19.1. The molecule has 0 aromatic heterocycles. The molecule has 10 heteroatoms. The van der Waals surface area contributed by atoms with E-state index in [0.29, 0.717) is 23.9 Å². The summed E-state index contributed by atoms with van der Waals surface area (Å²) in [6, 6.07) is -0.874. The van der Waals surface area contributed by atoms with Gasteiger partial charge in [0.2, 0.25) is 5.91 Å². The van der Waals surface area contributed by atoms with Gasteiger partial charge in [0.1, 0.15) is 19.3 Å². The minimum atomic E-state index is -4.47. The molecule has 0 saturated heterocycles. The number of phosphoric ester groups is 1. The van der Waals surface area contributed by atoms with E-state index in [1.165, 1.54) is 51.4 Å². The zero-order valence-electron chi connectivity index (χ0n) is 50.2. The van der Waals surface area contributed by atoms with Crippen molar-refractivity contribution < 1.29 is 37.3 Å². The van der Waals surface area contributed by atoms with E-state index in [1.54, 1.807) is 0 Å². The number of likely N-dealkylation sites (N-methyl/N-ethyl adjacent to an activating group) is 1. The predicted molar refractivity (Wildman–Crippen MR) is 332 cm³/mol. The number of hydrogen-bond donors (Lipinski definition) is 2. The van der Waals surface area contributed by atoms with E-state index >= 15 is 0 Å². The number of nitrogens with zero attached hydrogens (tertiary/aromatic N) is 1. The Morgan fingerprint density at radius 1 is 0.468 bits per heavy atom. The van der Waals surface area contributed by atoms with E-state index in [0.717, 1.165) is 148 Å². The first-order valence-corrected chi connectivity index (χ1v) is 32.4. The van der Waals surface area contributed by atoms with Gasteiger partial charge < -0.3 is 19.4 Å². The number of hydrogen-bond acceptors (Lipinski definition) is 6. The maximum atomic E-state index is 13.5. The van der Waals surface area contributed by atoms with Crippen molar-refractivity contribution in [2.24, 2.45) is 0 Å². The minimum absolute atomic E-state index is 0.0264. The largest absolute Gasteiger partial charge is 0.472 e. The first-order chi connectivity index (χ1) is 37.4. The molecule has 0 aliphatic carbocycles. The molecule has 0 aliphatic heterocycles. The first-order valence-electron chi connectivity index (χ1n) is 30.9. The van der Waals surface area contributed by atoms with E-state index < -0.39 is 20.0 Å². The fourth-order valence-corrected chi connectivity index (χ4v) is 8.93. The molecule has 440 valence electrons. The lowest BCUT2D eigenvalue weighted by molar-refractivity contribution is -0.870. The van der Waals surface area contributed by atoms with Crippen LogP contribution in [0.3, 0.4) is 0 Å². The summed E-state index contributed by atoms with van der Waals surface area (Å²) < 4.78 is 30.7. The number of quaternary nitrogens is 1. The van der Waals surface area contributed by atoms with Crippen LogP contribution in [-0.4, -0.2) is 74.3 Å². The quantitative estimate of drug-likeness (QED) is 0.0205. The zero-order chi connectivity index (χ0) is 56.4. The fraction of sp³-hybridized carbons (Fsp3) is 0.672. The van der Waals surface area contributed by atoms with Crippen molar-refractivity contribution in [2.45, 2.75) is 251 Å². The normalized spacial score (nSPS) is 14.5. The van der Waals surface area contributed by atoms with Crippen molar-refractivity contribution in [1.82, 2.24) is 5.32 Å². The van der Waals surface area contributed by atoms with Gasteiger partial charge in [0.25, 0.3) is 0 Å². The third kappa shape index (κ3) is 56.9. The molecular formula is C67H116N2O7P+. The maximum absolute atomic E-state index is 13.5. The van der Waals surface area contributed by atoms with Crippen molar-refractivity contribution >= 4 is 19.7 Å². The zero-order valence-corrected chi connectivity index (χ0v) is 51.1. The van der Waals surface area contributed by atoms with Crippen LogP contribution in [0.1, 0.15) is 239 Å². The molecule has 0 fully saturated rings. The van der Waals surface area contributed by atoms with Gasteiger partial charge in [0, 0.05) is 12.8 Å². The number of carbonyl (C=O) groups excluding carboxylic acids is 2. The second-order valence-electron chi connectivity index (χ2n) is 21.5. The highest BCUT2D eigenvalue weighted by Gasteiger charge is 2.30. The molecule has 0 aromatic rings. The number of allylic oxidation sites excluding steroid dienone is 19. The molecule has 2 N–H and O–H groups in total. The van der Waals surface area contributed by atoms with E-state index in [2.05, 4.69) is 135 Å². The van der Waals surface area contributed by atoms with Crippen molar-refractivity contribution in [1.29, 1.82) is 0 Å². The Morgan fingerprint density at radius 3 is 1.25 bits per heavy atom. The average molecular weight is 1090 g/mol. The molecule has 3 unspecified atom stereocenters. The number of amides is 1. The van der Waals surface area contributed by atoms with Gasteiger partial charge >= 0.3 is 13.8 Å². The lowest BCUT2D eigenvalue weighted by Gasteiger charge is -2.27. The molecule has 0 aliphatic rings. The Balaban J connectivity index is 5.32. The molecule has 0 bridgehead atoms. The SMILES string of the molecule is CC/C=C\C/C=C\C/C=C\C/C=C\C/C=C\C/C=C\CCCCCCC(=O)OC(/C=C\CCCCCCCCCCCC)C(COP(=O)(O)OCC[N+](C)(C)C)NC(=O)CCCCCCCC/C=C/C/C=C/C/C=C/CC. The summed E-state index contributed by atoms with van der Waals surface area (Å²) in [6.07, 6.45) is 77.6. The molecule has 0 spiro atoms. The molecular weight excluding hydrogens is 976 g/mol. The van der Waals surface area contributed by atoms with E-state index in [1.807, 2.05) is 33.3 Å². The fourth-order valence-electron chi connectivity index (χ4n) is 8.19. The molecule has 0 radical (unpaired) electrons. The van der Waals surface area contributed by atoms with Gasteiger partial charge in [-0.05, 0) is 115 Å². The molecule has 3 atom stereocenters. The van der Waals surface area contributed by atoms with Crippen molar-refractivity contribution in [3.05, 3.63) is 122 Å². The van der Waals surface area contributed by atoms with Gasteiger partial charge in [0.15, 0.2) is 0 Å². The molecule has 0 rings (SSSR count). The minimum Gasteiger partial charge on any atom is -0.456 e. The summed E-state index contributed by atoms with van der Waals surface area (Å²) in [6.45, 7) is 6.74. The average Bonchev–Trinajstić information content (AvgIpc) is 3.39. The molecule has 0 aromatic carbocycles. The Kier molecular flexibility index (Phi) is 53.1. The smallest absolute Gasteiger partial charge is 0.456 e. The van der Waals surface area contributed by atoms with E-state index in [4.69, 9.17) is 13.8 Å². The number of carbonyl (C=O) groups is 2. The maximum Gasteiger partial charge on any atom is 0.472 e. The Hall–Kier alpha value is -3.59. The van der Waals surface area contributed by atoms with Crippen molar-refractivity contribution in [2.75, 3.05) is 40.9 Å². The van der Waals surface area contributed by atoms with Crippen LogP contribution in [0.2, 0.25) is 0 Å². The number of esters is 1. The summed E-state index contributed by atoms with van der Waals surface area (Å²) in [7, 11) is 1.45. The number of unbranched alkanes of at least 4 members (excludes halogenated alkanes) is 20. The van der Waals surface area contributed by atoms with Gasteiger partial charge in [0.05, 0.1) is 33.8 Å². The van der Waals surface area contributed by atoms with Crippen LogP contribution < -0.4 is 5.32 Å². The lowest BCUT2D eigenvalue weighted by Crippen LogP contribution is -2.47.